The van der Waals surface area contributed by atoms with Gasteiger partial charge in [0.1, 0.15) is 17.2 Å². The van der Waals surface area contributed by atoms with Gasteiger partial charge < -0.3 is 9.52 Å². The summed E-state index contributed by atoms with van der Waals surface area (Å²) >= 11 is 0. The normalized spacial score (nSPS) is 12.3. The van der Waals surface area contributed by atoms with Crippen LogP contribution in [0, 0.1) is 6.07 Å². The van der Waals surface area contributed by atoms with Crippen molar-refractivity contribution >= 4 is 54.5 Å². The molecule has 0 saturated carbocycles. The van der Waals surface area contributed by atoms with Crippen LogP contribution in [0.1, 0.15) is 79.0 Å². The van der Waals surface area contributed by atoms with Crippen molar-refractivity contribution in [1.82, 2.24) is 14.5 Å². The first kappa shape index (κ1) is 48.7. The van der Waals surface area contributed by atoms with Gasteiger partial charge in [-0.15, -0.1) is 17.7 Å². The molecule has 12 rings (SSSR count). The van der Waals surface area contributed by atoms with Crippen LogP contribution in [0.2, 0.25) is 0 Å². The first-order valence-corrected chi connectivity index (χ1v) is 25.4. The van der Waals surface area contributed by atoms with Crippen LogP contribution < -0.4 is 0 Å². The second-order valence-electron chi connectivity index (χ2n) is 22.7. The summed E-state index contributed by atoms with van der Waals surface area (Å²) in [6.45, 7) is 20.0. The van der Waals surface area contributed by atoms with Gasteiger partial charge in [0.25, 0.3) is 0 Å². The number of pyridine rings is 1. The molecule has 0 aliphatic carbocycles. The molecule has 0 unspecified atom stereocenters. The number of aromatic nitrogens is 3. The van der Waals surface area contributed by atoms with Crippen molar-refractivity contribution in [3.8, 4) is 67.5 Å². The smallest absolute Gasteiger partial charge is 0.148 e. The molecule has 12 aromatic rings. The van der Waals surface area contributed by atoms with E-state index in [1.165, 1.54) is 10.9 Å². The third-order valence-electron chi connectivity index (χ3n) is 14.7. The van der Waals surface area contributed by atoms with E-state index < -0.39 is 0 Å². The van der Waals surface area contributed by atoms with Gasteiger partial charge in [-0.05, 0) is 107 Å². The number of phenolic OH excluding ortho intramolecular Hbond substituents is 1. The molecule has 1 N–H and O–H groups in total. The maximum absolute atomic E-state index is 12.7. The van der Waals surface area contributed by atoms with Gasteiger partial charge in [-0.2, -0.15) is 0 Å². The number of benzene rings is 9. The summed E-state index contributed by atoms with van der Waals surface area (Å²) in [5.41, 5.74) is 15.0. The van der Waals surface area contributed by atoms with Gasteiger partial charge in [-0.1, -0.05) is 207 Å². The SMILES string of the molecule is CC(C)(C)c1ccc(-n2c(-c3cc(C(C)(C)C)cc(C(C)(C)C)c3O)nc3c(-c4[c-]c(-c5cc(-c6ccccc6)ccn5)c5oc6ccc7ccc8ccccc8c7c6c5c4)cccc32)c(-c2ccccc2)c1.[Pt]. The van der Waals surface area contributed by atoms with E-state index in [1.54, 1.807) is 0 Å². The van der Waals surface area contributed by atoms with E-state index in [0.29, 0.717) is 11.4 Å². The van der Waals surface area contributed by atoms with E-state index in [2.05, 4.69) is 243 Å². The summed E-state index contributed by atoms with van der Waals surface area (Å²) in [5.74, 6) is 0.886. The van der Waals surface area contributed by atoms with Gasteiger partial charge >= 0.3 is 0 Å². The van der Waals surface area contributed by atoms with Gasteiger partial charge in [0, 0.05) is 49.5 Å². The molecule has 0 amide bonds. The molecule has 9 aromatic carbocycles. The molecular formula is C68H58N3O2Pt-. The van der Waals surface area contributed by atoms with Crippen molar-refractivity contribution in [1.29, 1.82) is 0 Å². The van der Waals surface area contributed by atoms with E-state index in [1.807, 2.05) is 12.3 Å². The maximum Gasteiger partial charge on any atom is 0.148 e. The molecule has 0 aliphatic heterocycles. The minimum Gasteiger partial charge on any atom is -0.507 e. The number of phenols is 1. The zero-order valence-corrected chi connectivity index (χ0v) is 45.6. The number of furan rings is 1. The molecule has 3 aromatic heterocycles. The molecule has 0 saturated heterocycles. The second kappa shape index (κ2) is 18.1. The second-order valence-corrected chi connectivity index (χ2v) is 22.7. The van der Waals surface area contributed by atoms with Crippen molar-refractivity contribution in [2.45, 2.75) is 78.6 Å². The van der Waals surface area contributed by atoms with Gasteiger partial charge in [-0.3, -0.25) is 9.55 Å². The van der Waals surface area contributed by atoms with E-state index >= 15 is 0 Å². The predicted molar refractivity (Wildman–Crippen MR) is 305 cm³/mol. The zero-order valence-electron chi connectivity index (χ0n) is 43.3. The average Bonchev–Trinajstić information content (AvgIpc) is 3.97. The van der Waals surface area contributed by atoms with Crippen LogP contribution in [-0.2, 0) is 37.3 Å². The Kier molecular flexibility index (Phi) is 11.9. The van der Waals surface area contributed by atoms with Crippen LogP contribution in [-0.4, -0.2) is 19.6 Å². The number of nitrogens with zero attached hydrogens (tertiary/aromatic N) is 3. The molecule has 74 heavy (non-hydrogen) atoms. The van der Waals surface area contributed by atoms with Gasteiger partial charge in [0.2, 0.25) is 0 Å². The fraction of sp³-hybridized carbons (Fsp3) is 0.176. The van der Waals surface area contributed by atoms with Crippen LogP contribution in [0.3, 0.4) is 0 Å². The Bertz CT molecular complexity index is 4150. The van der Waals surface area contributed by atoms with E-state index in [-0.39, 0.29) is 43.1 Å². The number of aromatic hydroxyl groups is 1. The molecule has 0 atom stereocenters. The number of hydrogen-bond donors (Lipinski definition) is 1. The fourth-order valence-electron chi connectivity index (χ4n) is 10.7. The first-order valence-electron chi connectivity index (χ1n) is 25.4. The average molecular weight is 1140 g/mol. The molecule has 3 heterocycles. The Morgan fingerprint density at radius 1 is 0.527 bits per heavy atom. The maximum atomic E-state index is 12.7. The molecule has 368 valence electrons. The van der Waals surface area contributed by atoms with Gasteiger partial charge in [-0.25, -0.2) is 4.98 Å². The van der Waals surface area contributed by atoms with Gasteiger partial charge in [0.15, 0.2) is 0 Å². The van der Waals surface area contributed by atoms with E-state index in [4.69, 9.17) is 14.4 Å². The largest absolute Gasteiger partial charge is 0.507 e. The quantitative estimate of drug-likeness (QED) is 0.133. The van der Waals surface area contributed by atoms with Crippen molar-refractivity contribution in [2.24, 2.45) is 0 Å². The van der Waals surface area contributed by atoms with E-state index in [0.717, 1.165) is 111 Å². The Labute approximate surface area is 447 Å². The molecule has 0 aliphatic rings. The standard InChI is InChI=1S/C68H58N3O2.Pt/c1-66(2,3)47-30-31-57(51(38-47)42-21-14-11-15-22-42)71-58-26-18-25-50(62(58)70-65(71)54-39-48(67(4,5)6)40-55(63(54)72)68(7,8)9)46-35-52(56-37-45(33-34-69-56)41-19-12-10-13-20-41)64-53(36-46)61-59(73-64)32-29-44-28-27-43-23-16-17-24-49(43)60(44)61;/h10-34,36-40,72H,1-9H3;/q-1;. The van der Waals surface area contributed by atoms with Crippen molar-refractivity contribution < 1.29 is 30.6 Å². The topological polar surface area (TPSA) is 64.1 Å². The molecule has 5 nitrogen and oxygen atoms in total. The van der Waals surface area contributed by atoms with Crippen LogP contribution >= 0.6 is 0 Å². The van der Waals surface area contributed by atoms with Crippen LogP contribution in [0.5, 0.6) is 5.75 Å². The molecule has 0 fully saturated rings. The molecule has 0 radical (unpaired) electrons. The molecule has 6 heteroatoms. The minimum absolute atomic E-state index is 0. The van der Waals surface area contributed by atoms with E-state index in [9.17, 15) is 5.11 Å². The summed E-state index contributed by atoms with van der Waals surface area (Å²) in [5, 5.41) is 19.4. The number of para-hydroxylation sites is 1. The van der Waals surface area contributed by atoms with Crippen LogP contribution in [0.25, 0.3) is 116 Å². The monoisotopic (exact) mass is 1140 g/mol. The summed E-state index contributed by atoms with van der Waals surface area (Å²) in [4.78, 5) is 10.8. The van der Waals surface area contributed by atoms with Gasteiger partial charge in [0.05, 0.1) is 27.9 Å². The van der Waals surface area contributed by atoms with Crippen molar-refractivity contribution in [2.75, 3.05) is 0 Å². The van der Waals surface area contributed by atoms with Crippen LogP contribution in [0.4, 0.5) is 0 Å². The number of fused-ring (bicyclic) bond motifs is 8. The summed E-state index contributed by atoms with van der Waals surface area (Å²) < 4.78 is 9.29. The Balaban J connectivity index is 0.00000588. The minimum atomic E-state index is -0.360. The number of hydrogen-bond acceptors (Lipinski definition) is 4. The molecular weight excluding hydrogens is 1090 g/mol. The molecule has 0 spiro atoms. The van der Waals surface area contributed by atoms with Crippen molar-refractivity contribution in [3.63, 3.8) is 0 Å². The number of rotatable bonds is 6. The summed E-state index contributed by atoms with van der Waals surface area (Å²) in [6.07, 6.45) is 1.88. The van der Waals surface area contributed by atoms with Crippen LogP contribution in [0.15, 0.2) is 187 Å². The first-order chi connectivity index (χ1) is 35.0. The zero-order chi connectivity index (χ0) is 50.6. The fourth-order valence-corrected chi connectivity index (χ4v) is 10.7. The Morgan fingerprint density at radius 3 is 1.93 bits per heavy atom. The predicted octanol–water partition coefficient (Wildman–Crippen LogP) is 18.4. The summed E-state index contributed by atoms with van der Waals surface area (Å²) in [7, 11) is 0. The third kappa shape index (κ3) is 8.32. The Morgan fingerprint density at radius 2 is 1.20 bits per heavy atom. The third-order valence-corrected chi connectivity index (χ3v) is 14.7. The summed E-state index contributed by atoms with van der Waals surface area (Å²) in [6, 6.07) is 66.2. The van der Waals surface area contributed by atoms with Crippen molar-refractivity contribution in [3.05, 3.63) is 205 Å². The Hall–Kier alpha value is -7.59. The molecule has 0 bridgehead atoms. The number of imidazole rings is 1.